The minimum Gasteiger partial charge on any atom is -0.350 e. The van der Waals surface area contributed by atoms with Crippen LogP contribution in [0.1, 0.15) is 28.0 Å². The van der Waals surface area contributed by atoms with Gasteiger partial charge < -0.3 is 5.32 Å². The minimum absolute atomic E-state index is 0.0759. The summed E-state index contributed by atoms with van der Waals surface area (Å²) in [5.41, 5.74) is 2.03. The number of carbonyl (C=O) groups is 3. The van der Waals surface area contributed by atoms with Gasteiger partial charge in [0.05, 0.1) is 18.7 Å². The molecule has 24 heavy (non-hydrogen) atoms. The van der Waals surface area contributed by atoms with Crippen LogP contribution in [-0.4, -0.2) is 34.2 Å². The fourth-order valence-corrected chi connectivity index (χ4v) is 2.62. The van der Waals surface area contributed by atoms with E-state index in [9.17, 15) is 14.4 Å². The van der Waals surface area contributed by atoms with E-state index in [1.807, 2.05) is 12.1 Å². The van der Waals surface area contributed by atoms with Crippen molar-refractivity contribution in [2.75, 3.05) is 6.54 Å². The first-order valence-corrected chi connectivity index (χ1v) is 7.74. The van der Waals surface area contributed by atoms with Crippen molar-refractivity contribution in [1.82, 2.24) is 15.2 Å². The second-order valence-electron chi connectivity index (χ2n) is 5.53. The summed E-state index contributed by atoms with van der Waals surface area (Å²) in [5, 5.41) is 2.74. The number of fused-ring (bicyclic) bond motifs is 1. The Hall–Kier alpha value is -3.02. The summed E-state index contributed by atoms with van der Waals surface area (Å²) < 4.78 is 0. The predicted molar refractivity (Wildman–Crippen MR) is 86.9 cm³/mol. The highest BCUT2D eigenvalue weighted by atomic mass is 16.2. The minimum atomic E-state index is -0.334. The zero-order valence-electron chi connectivity index (χ0n) is 13.1. The van der Waals surface area contributed by atoms with Gasteiger partial charge in [0, 0.05) is 24.7 Å². The average Bonchev–Trinajstić information content (AvgIpc) is 2.60. The Morgan fingerprint density at radius 1 is 1.12 bits per heavy atom. The number of aromatic nitrogens is 1. The second-order valence-corrected chi connectivity index (χ2v) is 5.53. The molecule has 1 aromatic heterocycles. The third kappa shape index (κ3) is 3.48. The van der Waals surface area contributed by atoms with Gasteiger partial charge >= 0.3 is 0 Å². The van der Waals surface area contributed by atoms with Crippen LogP contribution in [0.15, 0.2) is 48.7 Å². The molecule has 0 fully saturated rings. The quantitative estimate of drug-likeness (QED) is 0.842. The molecule has 0 saturated heterocycles. The maximum Gasteiger partial charge on any atom is 0.260 e. The molecule has 3 amide bonds. The van der Waals surface area contributed by atoms with Crippen LogP contribution in [0.2, 0.25) is 0 Å². The van der Waals surface area contributed by atoms with Gasteiger partial charge in [0.25, 0.3) is 5.91 Å². The second kappa shape index (κ2) is 7.04. The standard InChI is InChI=1S/C18H17N3O3/c22-16(20-12-14-6-3-4-9-19-14)8-10-21-17(23)11-13-5-1-2-7-15(13)18(21)24/h1-7,9H,8,10-12H2,(H,20,22). The molecule has 1 aliphatic rings. The van der Waals surface area contributed by atoms with Gasteiger partial charge in [-0.2, -0.15) is 0 Å². The third-order valence-electron chi connectivity index (χ3n) is 3.89. The fourth-order valence-electron chi connectivity index (χ4n) is 2.62. The SMILES string of the molecule is O=C(CCN1C(=O)Cc2ccccc2C1=O)NCc1ccccn1. The van der Waals surface area contributed by atoms with E-state index >= 15 is 0 Å². The van der Waals surface area contributed by atoms with Crippen molar-refractivity contribution in [3.05, 3.63) is 65.5 Å². The summed E-state index contributed by atoms with van der Waals surface area (Å²) >= 11 is 0. The molecule has 3 rings (SSSR count). The lowest BCUT2D eigenvalue weighted by Crippen LogP contribution is -2.44. The van der Waals surface area contributed by atoms with Crippen LogP contribution in [0.5, 0.6) is 0 Å². The summed E-state index contributed by atoms with van der Waals surface area (Å²) in [4.78, 5) is 41.7. The van der Waals surface area contributed by atoms with Gasteiger partial charge in [0.15, 0.2) is 0 Å². The van der Waals surface area contributed by atoms with Gasteiger partial charge in [-0.15, -0.1) is 0 Å². The highest BCUT2D eigenvalue weighted by molar-refractivity contribution is 6.09. The number of hydrogen-bond donors (Lipinski definition) is 1. The van der Waals surface area contributed by atoms with E-state index in [4.69, 9.17) is 0 Å². The summed E-state index contributed by atoms with van der Waals surface area (Å²) in [6, 6.07) is 12.5. The molecule has 0 radical (unpaired) electrons. The van der Waals surface area contributed by atoms with Crippen molar-refractivity contribution in [3.63, 3.8) is 0 Å². The molecule has 2 heterocycles. The van der Waals surface area contributed by atoms with Crippen LogP contribution >= 0.6 is 0 Å². The predicted octanol–water partition coefficient (Wildman–Crippen LogP) is 1.31. The molecule has 6 nitrogen and oxygen atoms in total. The van der Waals surface area contributed by atoms with Crippen LogP contribution in [0.25, 0.3) is 0 Å². The number of rotatable bonds is 5. The fraction of sp³-hybridized carbons (Fsp3) is 0.222. The number of benzene rings is 1. The Morgan fingerprint density at radius 3 is 2.71 bits per heavy atom. The van der Waals surface area contributed by atoms with Crippen molar-refractivity contribution in [3.8, 4) is 0 Å². The topological polar surface area (TPSA) is 79.4 Å². The maximum atomic E-state index is 12.4. The first-order chi connectivity index (χ1) is 11.6. The molecule has 0 atom stereocenters. The summed E-state index contributed by atoms with van der Waals surface area (Å²) in [6.45, 7) is 0.407. The number of nitrogens with one attached hydrogen (secondary N) is 1. The van der Waals surface area contributed by atoms with Gasteiger partial charge in [-0.1, -0.05) is 24.3 Å². The monoisotopic (exact) mass is 323 g/mol. The molecule has 0 bridgehead atoms. The number of hydrogen-bond acceptors (Lipinski definition) is 4. The molecule has 1 aliphatic heterocycles. The molecule has 0 aliphatic carbocycles. The zero-order chi connectivity index (χ0) is 16.9. The maximum absolute atomic E-state index is 12.4. The molecular weight excluding hydrogens is 306 g/mol. The Bertz CT molecular complexity index is 774. The van der Waals surface area contributed by atoms with Gasteiger partial charge in [-0.05, 0) is 23.8 Å². The van der Waals surface area contributed by atoms with Crippen molar-refractivity contribution in [2.24, 2.45) is 0 Å². The normalized spacial score (nSPS) is 13.6. The molecular formula is C18H17N3O3. The lowest BCUT2D eigenvalue weighted by molar-refractivity contribution is -0.129. The lowest BCUT2D eigenvalue weighted by atomic mass is 9.98. The average molecular weight is 323 g/mol. The lowest BCUT2D eigenvalue weighted by Gasteiger charge is -2.26. The van der Waals surface area contributed by atoms with Crippen LogP contribution in [0.3, 0.4) is 0 Å². The molecule has 6 heteroatoms. The van der Waals surface area contributed by atoms with E-state index in [0.717, 1.165) is 16.2 Å². The number of carbonyl (C=O) groups excluding carboxylic acids is 3. The molecule has 1 aromatic carbocycles. The van der Waals surface area contributed by atoms with Crippen LogP contribution < -0.4 is 5.32 Å². The Kier molecular flexibility index (Phi) is 4.65. The summed E-state index contributed by atoms with van der Waals surface area (Å²) in [7, 11) is 0. The van der Waals surface area contributed by atoms with E-state index in [1.54, 1.807) is 36.5 Å². The molecule has 122 valence electrons. The molecule has 0 spiro atoms. The molecule has 0 unspecified atom stereocenters. The van der Waals surface area contributed by atoms with E-state index in [0.29, 0.717) is 12.1 Å². The number of imide groups is 1. The van der Waals surface area contributed by atoms with Crippen LogP contribution in [0, 0.1) is 0 Å². The smallest absolute Gasteiger partial charge is 0.260 e. The van der Waals surface area contributed by atoms with E-state index in [1.165, 1.54) is 0 Å². The van der Waals surface area contributed by atoms with E-state index in [-0.39, 0.29) is 37.1 Å². The number of pyridine rings is 1. The Balaban J connectivity index is 1.55. The summed E-state index contributed by atoms with van der Waals surface area (Å²) in [6.07, 6.45) is 1.92. The first-order valence-electron chi connectivity index (χ1n) is 7.74. The van der Waals surface area contributed by atoms with Gasteiger partial charge in [0.2, 0.25) is 11.8 Å². The Labute approximate surface area is 139 Å². The van der Waals surface area contributed by atoms with E-state index < -0.39 is 0 Å². The van der Waals surface area contributed by atoms with Gasteiger partial charge in [-0.25, -0.2) is 0 Å². The van der Waals surface area contributed by atoms with Gasteiger partial charge in [0.1, 0.15) is 0 Å². The van der Waals surface area contributed by atoms with Crippen LogP contribution in [-0.2, 0) is 22.6 Å². The summed E-state index contributed by atoms with van der Waals surface area (Å²) in [5.74, 6) is -0.823. The van der Waals surface area contributed by atoms with Crippen LogP contribution in [0.4, 0.5) is 0 Å². The van der Waals surface area contributed by atoms with Crippen molar-refractivity contribution < 1.29 is 14.4 Å². The number of nitrogens with zero attached hydrogens (tertiary/aromatic N) is 2. The van der Waals surface area contributed by atoms with Crippen molar-refractivity contribution >= 4 is 17.7 Å². The van der Waals surface area contributed by atoms with Crippen molar-refractivity contribution in [2.45, 2.75) is 19.4 Å². The van der Waals surface area contributed by atoms with E-state index in [2.05, 4.69) is 10.3 Å². The third-order valence-corrected chi connectivity index (χ3v) is 3.89. The molecule has 1 N–H and O–H groups in total. The first kappa shape index (κ1) is 15.9. The highest BCUT2D eigenvalue weighted by Gasteiger charge is 2.30. The van der Waals surface area contributed by atoms with Gasteiger partial charge in [-0.3, -0.25) is 24.3 Å². The molecule has 2 aromatic rings. The van der Waals surface area contributed by atoms with Crippen molar-refractivity contribution in [1.29, 1.82) is 0 Å². The molecule has 0 saturated carbocycles. The Morgan fingerprint density at radius 2 is 1.92 bits per heavy atom. The zero-order valence-corrected chi connectivity index (χ0v) is 13.1. The highest BCUT2D eigenvalue weighted by Crippen LogP contribution is 2.19. The largest absolute Gasteiger partial charge is 0.350 e. The number of amides is 3.